The molecule has 0 saturated carbocycles. The first-order chi connectivity index (χ1) is 12.6. The van der Waals surface area contributed by atoms with Gasteiger partial charge in [-0.25, -0.2) is 10.9 Å². The standard InChI is InChI=1S/C20H23N3O3/c1-11-8-12(6-7-16(11)24)15-10-17(25)21-20-18(15)19(22-23-20)13-4-3-5-14(9-13)26-2/h3-9,15,18-20,22-24H,10H2,1-2H3,(H,21,25). The van der Waals surface area contributed by atoms with Crippen molar-refractivity contribution in [3.05, 3.63) is 59.2 Å². The molecule has 136 valence electrons. The molecule has 2 heterocycles. The van der Waals surface area contributed by atoms with Crippen LogP contribution in [0.4, 0.5) is 0 Å². The zero-order valence-corrected chi connectivity index (χ0v) is 14.8. The van der Waals surface area contributed by atoms with Crippen LogP contribution in [-0.2, 0) is 4.79 Å². The third kappa shape index (κ3) is 2.91. The monoisotopic (exact) mass is 353 g/mol. The van der Waals surface area contributed by atoms with Crippen LogP contribution in [0.15, 0.2) is 42.5 Å². The number of nitrogens with one attached hydrogen (secondary N) is 3. The van der Waals surface area contributed by atoms with E-state index in [9.17, 15) is 9.90 Å². The maximum absolute atomic E-state index is 12.2. The summed E-state index contributed by atoms with van der Waals surface area (Å²) < 4.78 is 5.36. The minimum atomic E-state index is -0.147. The number of aromatic hydroxyl groups is 1. The number of methoxy groups -OCH3 is 1. The van der Waals surface area contributed by atoms with E-state index in [4.69, 9.17) is 4.74 Å². The summed E-state index contributed by atoms with van der Waals surface area (Å²) in [7, 11) is 1.66. The number of hydrogen-bond acceptors (Lipinski definition) is 5. The molecule has 4 unspecified atom stereocenters. The molecule has 0 aromatic heterocycles. The van der Waals surface area contributed by atoms with Crippen molar-refractivity contribution < 1.29 is 14.6 Å². The van der Waals surface area contributed by atoms with E-state index >= 15 is 0 Å². The lowest BCUT2D eigenvalue weighted by molar-refractivity contribution is -0.125. The minimum Gasteiger partial charge on any atom is -0.508 e. The maximum atomic E-state index is 12.2. The van der Waals surface area contributed by atoms with Crippen LogP contribution in [0.25, 0.3) is 0 Å². The molecule has 2 aliphatic rings. The number of hydrazine groups is 1. The lowest BCUT2D eigenvalue weighted by Crippen LogP contribution is -2.52. The van der Waals surface area contributed by atoms with E-state index in [1.165, 1.54) is 0 Å². The summed E-state index contributed by atoms with van der Waals surface area (Å²) in [5.74, 6) is 1.31. The number of ether oxygens (including phenoxy) is 1. The van der Waals surface area contributed by atoms with Crippen molar-refractivity contribution in [1.82, 2.24) is 16.2 Å². The maximum Gasteiger partial charge on any atom is 0.221 e. The Morgan fingerprint density at radius 3 is 2.73 bits per heavy atom. The number of phenolic OH excluding ortho intramolecular Hbond substituents is 1. The van der Waals surface area contributed by atoms with Gasteiger partial charge in [-0.3, -0.25) is 4.79 Å². The average Bonchev–Trinajstić information content (AvgIpc) is 3.07. The van der Waals surface area contributed by atoms with Crippen LogP contribution in [0.5, 0.6) is 11.5 Å². The molecule has 4 N–H and O–H groups in total. The van der Waals surface area contributed by atoms with E-state index in [1.54, 1.807) is 13.2 Å². The van der Waals surface area contributed by atoms with E-state index in [2.05, 4.69) is 22.2 Å². The number of fused-ring (bicyclic) bond motifs is 1. The van der Waals surface area contributed by atoms with Gasteiger partial charge in [-0.1, -0.05) is 24.3 Å². The zero-order valence-electron chi connectivity index (χ0n) is 14.8. The molecule has 0 bridgehead atoms. The topological polar surface area (TPSA) is 82.6 Å². The summed E-state index contributed by atoms with van der Waals surface area (Å²) in [5.41, 5.74) is 9.58. The number of benzene rings is 2. The third-order valence-electron chi connectivity index (χ3n) is 5.45. The third-order valence-corrected chi connectivity index (χ3v) is 5.45. The fraction of sp³-hybridized carbons (Fsp3) is 0.350. The normalized spacial score (nSPS) is 27.7. The van der Waals surface area contributed by atoms with Crippen molar-refractivity contribution >= 4 is 5.91 Å². The van der Waals surface area contributed by atoms with Crippen molar-refractivity contribution in [2.45, 2.75) is 31.5 Å². The van der Waals surface area contributed by atoms with Gasteiger partial charge in [0, 0.05) is 18.3 Å². The second-order valence-electron chi connectivity index (χ2n) is 7.02. The molecule has 6 heteroatoms. The van der Waals surface area contributed by atoms with Crippen LogP contribution in [0.1, 0.15) is 35.1 Å². The van der Waals surface area contributed by atoms with Crippen LogP contribution < -0.4 is 20.9 Å². The summed E-state index contributed by atoms with van der Waals surface area (Å²) in [4.78, 5) is 12.2. The van der Waals surface area contributed by atoms with E-state index < -0.39 is 0 Å². The van der Waals surface area contributed by atoms with Gasteiger partial charge in [0.2, 0.25) is 5.91 Å². The molecule has 0 spiro atoms. The van der Waals surface area contributed by atoms with E-state index in [0.29, 0.717) is 6.42 Å². The van der Waals surface area contributed by atoms with Crippen LogP contribution >= 0.6 is 0 Å². The first kappa shape index (κ1) is 16.9. The second kappa shape index (κ2) is 6.63. The Kier molecular flexibility index (Phi) is 4.30. The molecule has 26 heavy (non-hydrogen) atoms. The highest BCUT2D eigenvalue weighted by Crippen LogP contribution is 2.44. The van der Waals surface area contributed by atoms with Gasteiger partial charge in [-0.2, -0.15) is 0 Å². The molecular weight excluding hydrogens is 330 g/mol. The zero-order chi connectivity index (χ0) is 18.3. The summed E-state index contributed by atoms with van der Waals surface area (Å²) in [6.45, 7) is 1.88. The van der Waals surface area contributed by atoms with Gasteiger partial charge in [0.05, 0.1) is 19.3 Å². The SMILES string of the molecule is COc1cccc(C2NNC3NC(=O)CC(c4ccc(O)c(C)c4)C32)c1. The molecule has 1 amide bonds. The molecule has 4 rings (SSSR count). The van der Waals surface area contributed by atoms with Crippen LogP contribution in [0.2, 0.25) is 0 Å². The van der Waals surface area contributed by atoms with Gasteiger partial charge in [0.15, 0.2) is 0 Å². The van der Waals surface area contributed by atoms with E-state index in [0.717, 1.165) is 22.4 Å². The van der Waals surface area contributed by atoms with Crippen molar-refractivity contribution in [1.29, 1.82) is 0 Å². The minimum absolute atomic E-state index is 0.0302. The molecule has 0 radical (unpaired) electrons. The Bertz CT molecular complexity index is 839. The van der Waals surface area contributed by atoms with Gasteiger partial charge >= 0.3 is 0 Å². The lowest BCUT2D eigenvalue weighted by atomic mass is 9.74. The first-order valence-corrected chi connectivity index (χ1v) is 8.80. The van der Waals surface area contributed by atoms with Gasteiger partial charge in [0.25, 0.3) is 0 Å². The Labute approximate surface area is 152 Å². The van der Waals surface area contributed by atoms with Crippen LogP contribution in [0.3, 0.4) is 0 Å². The smallest absolute Gasteiger partial charge is 0.221 e. The van der Waals surface area contributed by atoms with Gasteiger partial charge < -0.3 is 15.2 Å². The van der Waals surface area contributed by atoms with Crippen LogP contribution in [-0.4, -0.2) is 24.3 Å². The Morgan fingerprint density at radius 1 is 1.12 bits per heavy atom. The lowest BCUT2D eigenvalue weighted by Gasteiger charge is -2.36. The molecule has 4 atom stereocenters. The van der Waals surface area contributed by atoms with Gasteiger partial charge in [0.1, 0.15) is 11.5 Å². The highest BCUT2D eigenvalue weighted by Gasteiger charge is 2.46. The fourth-order valence-corrected chi connectivity index (χ4v) is 4.12. The summed E-state index contributed by atoms with van der Waals surface area (Å²) in [5, 5.41) is 12.9. The molecule has 6 nitrogen and oxygen atoms in total. The van der Waals surface area contributed by atoms with Crippen LogP contribution in [0, 0.1) is 12.8 Å². The van der Waals surface area contributed by atoms with Crippen molar-refractivity contribution in [3.63, 3.8) is 0 Å². The Morgan fingerprint density at radius 2 is 1.96 bits per heavy atom. The molecule has 2 aromatic rings. The Hall–Kier alpha value is -2.57. The number of aryl methyl sites for hydroxylation is 1. The second-order valence-corrected chi connectivity index (χ2v) is 7.02. The van der Waals surface area contributed by atoms with E-state index in [-0.39, 0.29) is 35.7 Å². The number of phenols is 1. The number of hydrogen-bond donors (Lipinski definition) is 4. The predicted molar refractivity (Wildman–Crippen MR) is 97.6 cm³/mol. The number of amides is 1. The van der Waals surface area contributed by atoms with Gasteiger partial charge in [-0.05, 0) is 41.8 Å². The molecule has 2 saturated heterocycles. The van der Waals surface area contributed by atoms with Crippen molar-refractivity contribution in [3.8, 4) is 11.5 Å². The highest BCUT2D eigenvalue weighted by atomic mass is 16.5. The molecular formula is C20H23N3O3. The highest BCUT2D eigenvalue weighted by molar-refractivity contribution is 5.78. The molecule has 2 fully saturated rings. The quantitative estimate of drug-likeness (QED) is 0.679. The number of rotatable bonds is 3. The predicted octanol–water partition coefficient (Wildman–Crippen LogP) is 2.10. The number of piperidine rings is 1. The Balaban J connectivity index is 1.72. The van der Waals surface area contributed by atoms with Crippen molar-refractivity contribution in [2.24, 2.45) is 5.92 Å². The summed E-state index contributed by atoms with van der Waals surface area (Å²) >= 11 is 0. The molecule has 0 aliphatic carbocycles. The fourth-order valence-electron chi connectivity index (χ4n) is 4.12. The average molecular weight is 353 g/mol. The van der Waals surface area contributed by atoms with Crippen molar-refractivity contribution in [2.75, 3.05) is 7.11 Å². The molecule has 2 aromatic carbocycles. The summed E-state index contributed by atoms with van der Waals surface area (Å²) in [6.07, 6.45) is 0.279. The number of carbonyl (C=O) groups excluding carboxylic acids is 1. The molecule has 2 aliphatic heterocycles. The summed E-state index contributed by atoms with van der Waals surface area (Å²) in [6, 6.07) is 13.6. The largest absolute Gasteiger partial charge is 0.508 e. The van der Waals surface area contributed by atoms with Gasteiger partial charge in [-0.15, -0.1) is 0 Å². The van der Waals surface area contributed by atoms with E-state index in [1.807, 2.05) is 37.3 Å². The number of carbonyl (C=O) groups is 1. The first-order valence-electron chi connectivity index (χ1n) is 8.80.